The summed E-state index contributed by atoms with van der Waals surface area (Å²) in [5.41, 5.74) is -1.40. The van der Waals surface area contributed by atoms with E-state index in [1.54, 1.807) is 0 Å². The number of alkyl halides is 3. The van der Waals surface area contributed by atoms with Gasteiger partial charge in [-0.1, -0.05) is 17.7 Å². The van der Waals surface area contributed by atoms with Gasteiger partial charge in [-0.15, -0.1) is 0 Å². The molecule has 0 saturated carbocycles. The number of rotatable bonds is 2. The molecule has 0 bridgehead atoms. The third kappa shape index (κ3) is 2.91. The van der Waals surface area contributed by atoms with E-state index in [2.05, 4.69) is 4.98 Å². The highest BCUT2D eigenvalue weighted by atomic mass is 35.5. The van der Waals surface area contributed by atoms with Crippen molar-refractivity contribution in [3.63, 3.8) is 0 Å². The summed E-state index contributed by atoms with van der Waals surface area (Å²) in [5.74, 6) is -1.46. The highest BCUT2D eigenvalue weighted by molar-refractivity contribution is 6.31. The minimum absolute atomic E-state index is 0.0494. The predicted octanol–water partition coefficient (Wildman–Crippen LogP) is 3.97. The maximum atomic E-state index is 13.4. The molecular weight excluding hydrogens is 298 g/mol. The number of pyridine rings is 1. The second-order valence-corrected chi connectivity index (χ2v) is 4.42. The molecule has 1 aromatic carbocycles. The van der Waals surface area contributed by atoms with E-state index >= 15 is 0 Å². The average Bonchev–Trinajstić information content (AvgIpc) is 2.37. The lowest BCUT2D eigenvalue weighted by molar-refractivity contribution is -0.140. The van der Waals surface area contributed by atoms with E-state index < -0.39 is 23.7 Å². The van der Waals surface area contributed by atoms with Crippen molar-refractivity contribution in [2.75, 3.05) is 0 Å². The largest absolute Gasteiger partial charge is 0.419 e. The number of benzene rings is 1. The Morgan fingerprint density at radius 2 is 1.90 bits per heavy atom. The summed E-state index contributed by atoms with van der Waals surface area (Å²) in [6.45, 7) is 0. The first-order valence-corrected chi connectivity index (χ1v) is 5.83. The van der Waals surface area contributed by atoms with E-state index in [1.807, 2.05) is 0 Å². The van der Waals surface area contributed by atoms with Crippen LogP contribution in [0, 0.1) is 5.82 Å². The molecule has 1 heterocycles. The van der Waals surface area contributed by atoms with Crippen molar-refractivity contribution in [3.8, 4) is 0 Å². The van der Waals surface area contributed by atoms with Crippen LogP contribution < -0.4 is 0 Å². The van der Waals surface area contributed by atoms with E-state index in [-0.39, 0.29) is 16.3 Å². The Morgan fingerprint density at radius 3 is 2.45 bits per heavy atom. The van der Waals surface area contributed by atoms with Crippen LogP contribution in [0.1, 0.15) is 22.9 Å². The van der Waals surface area contributed by atoms with Crippen LogP contribution in [0.2, 0.25) is 5.02 Å². The summed E-state index contributed by atoms with van der Waals surface area (Å²) in [7, 11) is 0. The molecule has 0 amide bonds. The summed E-state index contributed by atoms with van der Waals surface area (Å²) >= 11 is 5.82. The van der Waals surface area contributed by atoms with Crippen LogP contribution in [-0.4, -0.2) is 10.1 Å². The summed E-state index contributed by atoms with van der Waals surface area (Å²) in [4.78, 5) is 3.83. The Kier molecular flexibility index (Phi) is 3.96. The van der Waals surface area contributed by atoms with Gasteiger partial charge in [0.05, 0.1) is 16.3 Å². The topological polar surface area (TPSA) is 33.1 Å². The van der Waals surface area contributed by atoms with E-state index in [0.717, 1.165) is 6.07 Å². The van der Waals surface area contributed by atoms with Crippen molar-refractivity contribution in [2.24, 2.45) is 0 Å². The summed E-state index contributed by atoms with van der Waals surface area (Å²) in [5, 5.41) is 10.1. The molecule has 0 radical (unpaired) electrons. The van der Waals surface area contributed by atoms with Crippen LogP contribution in [0.25, 0.3) is 0 Å². The second-order valence-electron chi connectivity index (χ2n) is 4.01. The Hall–Kier alpha value is -1.66. The first-order valence-electron chi connectivity index (χ1n) is 5.46. The van der Waals surface area contributed by atoms with Crippen LogP contribution in [-0.2, 0) is 6.18 Å². The lowest BCUT2D eigenvalue weighted by Crippen LogP contribution is -2.10. The first-order chi connectivity index (χ1) is 9.30. The average molecular weight is 306 g/mol. The molecule has 106 valence electrons. The van der Waals surface area contributed by atoms with Crippen molar-refractivity contribution in [1.82, 2.24) is 4.98 Å². The molecule has 2 nitrogen and oxygen atoms in total. The quantitative estimate of drug-likeness (QED) is 0.852. The molecule has 2 rings (SSSR count). The van der Waals surface area contributed by atoms with Gasteiger partial charge in [-0.3, -0.25) is 4.98 Å². The van der Waals surface area contributed by atoms with Crippen LogP contribution in [0.3, 0.4) is 0 Å². The van der Waals surface area contributed by atoms with E-state index in [9.17, 15) is 22.7 Å². The highest BCUT2D eigenvalue weighted by Crippen LogP contribution is 2.34. The molecule has 1 aromatic heterocycles. The monoisotopic (exact) mass is 305 g/mol. The van der Waals surface area contributed by atoms with Crippen LogP contribution >= 0.6 is 11.6 Å². The van der Waals surface area contributed by atoms with E-state index in [1.165, 1.54) is 18.3 Å². The number of aliphatic hydroxyl groups excluding tert-OH is 1. The molecule has 0 aliphatic rings. The lowest BCUT2D eigenvalue weighted by atomic mass is 10.0. The number of aliphatic hydroxyl groups is 1. The van der Waals surface area contributed by atoms with Gasteiger partial charge in [-0.05, 0) is 29.8 Å². The number of hydrogen-bond donors (Lipinski definition) is 1. The molecule has 7 heteroatoms. The molecule has 0 spiro atoms. The van der Waals surface area contributed by atoms with Crippen LogP contribution in [0.5, 0.6) is 0 Å². The molecule has 2 aromatic rings. The summed E-state index contributed by atoms with van der Waals surface area (Å²) in [6.07, 6.45) is -4.82. The molecule has 20 heavy (non-hydrogen) atoms. The predicted molar refractivity (Wildman–Crippen MR) is 64.7 cm³/mol. The number of halogens is 5. The third-order valence-electron chi connectivity index (χ3n) is 2.66. The Morgan fingerprint density at radius 1 is 1.20 bits per heavy atom. The van der Waals surface area contributed by atoms with Gasteiger partial charge in [0, 0.05) is 6.20 Å². The normalized spacial score (nSPS) is 13.3. The van der Waals surface area contributed by atoms with Crippen LogP contribution in [0.4, 0.5) is 17.6 Å². The number of hydrogen-bond acceptors (Lipinski definition) is 2. The number of nitrogens with zero attached hydrogens (tertiary/aromatic N) is 1. The molecule has 0 aliphatic carbocycles. The van der Waals surface area contributed by atoms with Gasteiger partial charge in [0.15, 0.2) is 0 Å². The second kappa shape index (κ2) is 5.38. The molecule has 0 saturated heterocycles. The smallest absolute Gasteiger partial charge is 0.382 e. The van der Waals surface area contributed by atoms with E-state index in [0.29, 0.717) is 12.1 Å². The van der Waals surface area contributed by atoms with Crippen molar-refractivity contribution < 1.29 is 22.7 Å². The minimum Gasteiger partial charge on any atom is -0.382 e. The van der Waals surface area contributed by atoms with Gasteiger partial charge >= 0.3 is 6.18 Å². The van der Waals surface area contributed by atoms with E-state index in [4.69, 9.17) is 11.6 Å². The van der Waals surface area contributed by atoms with Crippen molar-refractivity contribution >= 4 is 11.6 Å². The fourth-order valence-electron chi connectivity index (χ4n) is 1.69. The zero-order valence-corrected chi connectivity index (χ0v) is 10.6. The minimum atomic E-state index is -4.78. The van der Waals surface area contributed by atoms with Gasteiger partial charge in [0.25, 0.3) is 0 Å². The fourth-order valence-corrected chi connectivity index (χ4v) is 1.91. The van der Waals surface area contributed by atoms with Crippen molar-refractivity contribution in [2.45, 2.75) is 12.3 Å². The highest BCUT2D eigenvalue weighted by Gasteiger charge is 2.34. The molecular formula is C13H8ClF4NO. The molecule has 0 aliphatic heterocycles. The Balaban J connectivity index is 2.40. The SMILES string of the molecule is OC(c1ccc(C(F)(F)F)c(F)c1)c1ncccc1Cl. The Bertz CT molecular complexity index is 630. The zero-order chi connectivity index (χ0) is 14.9. The van der Waals surface area contributed by atoms with Gasteiger partial charge in [0.1, 0.15) is 11.9 Å². The maximum absolute atomic E-state index is 13.4. The van der Waals surface area contributed by atoms with Gasteiger partial charge in [0.2, 0.25) is 0 Å². The molecule has 0 fully saturated rings. The fraction of sp³-hybridized carbons (Fsp3) is 0.154. The standard InChI is InChI=1S/C13H8ClF4NO/c14-9-2-1-5-19-11(9)12(20)7-3-4-8(10(15)6-7)13(16,17)18/h1-6,12,20H. The first kappa shape index (κ1) is 14.7. The maximum Gasteiger partial charge on any atom is 0.419 e. The van der Waals surface area contributed by atoms with Crippen molar-refractivity contribution in [1.29, 1.82) is 0 Å². The molecule has 1 unspecified atom stereocenters. The third-order valence-corrected chi connectivity index (χ3v) is 2.98. The van der Waals surface area contributed by atoms with Gasteiger partial charge in [-0.2, -0.15) is 13.2 Å². The summed E-state index contributed by atoms with van der Waals surface area (Å²) in [6, 6.07) is 5.18. The summed E-state index contributed by atoms with van der Waals surface area (Å²) < 4.78 is 50.7. The van der Waals surface area contributed by atoms with Crippen LogP contribution in [0.15, 0.2) is 36.5 Å². The van der Waals surface area contributed by atoms with Gasteiger partial charge < -0.3 is 5.11 Å². The molecule has 1 N–H and O–H groups in total. The number of aromatic nitrogens is 1. The zero-order valence-electron chi connectivity index (χ0n) is 9.83. The Labute approximate surface area is 116 Å². The van der Waals surface area contributed by atoms with Gasteiger partial charge in [-0.25, -0.2) is 4.39 Å². The van der Waals surface area contributed by atoms with Crippen molar-refractivity contribution in [3.05, 3.63) is 64.2 Å². The molecule has 1 atom stereocenters. The lowest BCUT2D eigenvalue weighted by Gasteiger charge is -2.14.